The number of esters is 1. The lowest BCUT2D eigenvalue weighted by Gasteiger charge is -2.21. The topological polar surface area (TPSA) is 94.2 Å². The average Bonchev–Trinajstić information content (AvgIpc) is 3.51. The molecule has 4 rings (SSSR count). The highest BCUT2D eigenvalue weighted by atomic mass is 16.5. The van der Waals surface area contributed by atoms with Gasteiger partial charge in [-0.1, -0.05) is 42.5 Å². The maximum atomic E-state index is 13.3. The summed E-state index contributed by atoms with van der Waals surface area (Å²) in [4.78, 5) is 39.7. The summed E-state index contributed by atoms with van der Waals surface area (Å²) in [6, 6.07) is 16.6. The van der Waals surface area contributed by atoms with Crippen molar-refractivity contribution in [2.75, 3.05) is 26.9 Å². The zero-order chi connectivity index (χ0) is 26.4. The van der Waals surface area contributed by atoms with Gasteiger partial charge in [-0.2, -0.15) is 0 Å². The molecule has 2 heterocycles. The molecule has 8 nitrogen and oxygen atoms in total. The first-order valence-corrected chi connectivity index (χ1v) is 12.4. The van der Waals surface area contributed by atoms with Gasteiger partial charge >= 0.3 is 5.97 Å². The first-order valence-electron chi connectivity index (χ1n) is 12.4. The molecule has 1 N–H and O–H groups in total. The van der Waals surface area contributed by atoms with E-state index in [4.69, 9.17) is 14.2 Å². The van der Waals surface area contributed by atoms with Gasteiger partial charge in [-0.15, -0.1) is 0 Å². The fourth-order valence-corrected chi connectivity index (χ4v) is 4.52. The fraction of sp³-hybridized carbons (Fsp3) is 0.345. The molecule has 2 aromatic carbocycles. The molecular formula is C29H32N2O6. The van der Waals surface area contributed by atoms with Crippen molar-refractivity contribution in [3.05, 3.63) is 82.6 Å². The number of ether oxygens (including phenoxy) is 3. The van der Waals surface area contributed by atoms with Gasteiger partial charge in [0.1, 0.15) is 5.75 Å². The minimum absolute atomic E-state index is 0.0403. The highest BCUT2D eigenvalue weighted by Crippen LogP contribution is 2.33. The third-order valence-electron chi connectivity index (χ3n) is 6.55. The monoisotopic (exact) mass is 504 g/mol. The van der Waals surface area contributed by atoms with Crippen LogP contribution in [0.4, 0.5) is 0 Å². The Labute approximate surface area is 216 Å². The minimum Gasteiger partial charge on any atom is -0.484 e. The molecule has 2 amide bonds. The Morgan fingerprint density at radius 1 is 1.16 bits per heavy atom. The Hall–Kier alpha value is -3.91. The SMILES string of the molecule is COC(=O)C1=C(C)N(C[C@H]2CCCO2)C(=O)/C1=C\c1ccc(OCC(=O)N[C@@H](C)c2ccccc2)cc1. The standard InChI is InChI=1S/C29H32N2O6/c1-19(22-8-5-4-6-9-22)30-26(32)18-37-23-13-11-21(12-14-23)16-25-27(29(34)35-3)20(2)31(28(25)33)17-24-10-7-15-36-24/h4-6,8-9,11-14,16,19,24H,7,10,15,17-18H2,1-3H3,(H,30,32)/b25-16-/t19-,24+/m0/s1. The molecule has 0 aliphatic carbocycles. The summed E-state index contributed by atoms with van der Waals surface area (Å²) in [5, 5.41) is 2.91. The number of nitrogens with zero attached hydrogens (tertiary/aromatic N) is 1. The molecule has 2 aliphatic heterocycles. The zero-order valence-electron chi connectivity index (χ0n) is 21.4. The first-order chi connectivity index (χ1) is 17.9. The fourth-order valence-electron chi connectivity index (χ4n) is 4.52. The third kappa shape index (κ3) is 6.27. The van der Waals surface area contributed by atoms with E-state index in [2.05, 4.69) is 5.32 Å². The van der Waals surface area contributed by atoms with Crippen molar-refractivity contribution in [3.8, 4) is 5.75 Å². The molecule has 37 heavy (non-hydrogen) atoms. The van der Waals surface area contributed by atoms with E-state index in [-0.39, 0.29) is 41.7 Å². The predicted molar refractivity (Wildman–Crippen MR) is 138 cm³/mol. The molecule has 0 aromatic heterocycles. The molecule has 1 fully saturated rings. The van der Waals surface area contributed by atoms with Gasteiger partial charge in [-0.05, 0) is 56.0 Å². The maximum Gasteiger partial charge on any atom is 0.340 e. The van der Waals surface area contributed by atoms with Crippen LogP contribution in [-0.4, -0.2) is 55.7 Å². The van der Waals surface area contributed by atoms with Crippen LogP contribution in [0.25, 0.3) is 6.08 Å². The number of rotatable bonds is 9. The molecule has 8 heteroatoms. The molecule has 0 radical (unpaired) electrons. The van der Waals surface area contributed by atoms with Crippen LogP contribution in [-0.2, 0) is 23.9 Å². The lowest BCUT2D eigenvalue weighted by Crippen LogP contribution is -2.33. The molecule has 1 saturated heterocycles. The second kappa shape index (κ2) is 11.9. The average molecular weight is 505 g/mol. The molecule has 0 saturated carbocycles. The van der Waals surface area contributed by atoms with Gasteiger partial charge < -0.3 is 24.4 Å². The van der Waals surface area contributed by atoms with Gasteiger partial charge in [0.2, 0.25) is 0 Å². The molecule has 2 aromatic rings. The number of nitrogens with one attached hydrogen (secondary N) is 1. The van der Waals surface area contributed by atoms with Crippen molar-refractivity contribution >= 4 is 23.9 Å². The van der Waals surface area contributed by atoms with Crippen LogP contribution in [0.15, 0.2) is 71.4 Å². The van der Waals surface area contributed by atoms with Crippen LogP contribution in [0.5, 0.6) is 5.75 Å². The number of hydrogen-bond acceptors (Lipinski definition) is 6. The summed E-state index contributed by atoms with van der Waals surface area (Å²) in [5.74, 6) is -0.517. The van der Waals surface area contributed by atoms with Crippen molar-refractivity contribution in [1.29, 1.82) is 0 Å². The molecule has 0 bridgehead atoms. The summed E-state index contributed by atoms with van der Waals surface area (Å²) in [7, 11) is 1.30. The number of carbonyl (C=O) groups excluding carboxylic acids is 3. The minimum atomic E-state index is -0.553. The lowest BCUT2D eigenvalue weighted by molar-refractivity contribution is -0.136. The van der Waals surface area contributed by atoms with E-state index in [1.54, 1.807) is 42.2 Å². The number of amides is 2. The van der Waals surface area contributed by atoms with Gasteiger partial charge in [-0.25, -0.2) is 4.79 Å². The van der Waals surface area contributed by atoms with E-state index in [1.807, 2.05) is 37.3 Å². The highest BCUT2D eigenvalue weighted by molar-refractivity contribution is 6.16. The van der Waals surface area contributed by atoms with Gasteiger partial charge in [0.15, 0.2) is 6.61 Å². The van der Waals surface area contributed by atoms with Crippen molar-refractivity contribution < 1.29 is 28.6 Å². The number of hydrogen-bond donors (Lipinski definition) is 1. The van der Waals surface area contributed by atoms with E-state index < -0.39 is 5.97 Å². The Morgan fingerprint density at radius 3 is 2.54 bits per heavy atom. The second-order valence-corrected chi connectivity index (χ2v) is 9.12. The maximum absolute atomic E-state index is 13.3. The molecule has 2 atom stereocenters. The second-order valence-electron chi connectivity index (χ2n) is 9.12. The predicted octanol–water partition coefficient (Wildman–Crippen LogP) is 3.79. The number of allylic oxidation sites excluding steroid dienone is 1. The van der Waals surface area contributed by atoms with Crippen LogP contribution in [0.2, 0.25) is 0 Å². The van der Waals surface area contributed by atoms with Gasteiger partial charge in [-0.3, -0.25) is 9.59 Å². The van der Waals surface area contributed by atoms with E-state index in [0.717, 1.165) is 18.4 Å². The van der Waals surface area contributed by atoms with Gasteiger partial charge in [0, 0.05) is 12.3 Å². The lowest BCUT2D eigenvalue weighted by atomic mass is 10.0. The summed E-state index contributed by atoms with van der Waals surface area (Å²) in [6.07, 6.45) is 3.48. The molecule has 0 spiro atoms. The van der Waals surface area contributed by atoms with Gasteiger partial charge in [0.05, 0.1) is 36.9 Å². The van der Waals surface area contributed by atoms with E-state index in [1.165, 1.54) is 7.11 Å². The van der Waals surface area contributed by atoms with Crippen molar-refractivity contribution in [2.24, 2.45) is 0 Å². The molecular weight excluding hydrogens is 472 g/mol. The Morgan fingerprint density at radius 2 is 1.89 bits per heavy atom. The summed E-state index contributed by atoms with van der Waals surface area (Å²) < 4.78 is 16.3. The highest BCUT2D eigenvalue weighted by Gasteiger charge is 2.38. The van der Waals surface area contributed by atoms with E-state index in [9.17, 15) is 14.4 Å². The Balaban J connectivity index is 1.41. The van der Waals surface area contributed by atoms with Crippen LogP contribution in [0, 0.1) is 0 Å². The molecule has 194 valence electrons. The van der Waals surface area contributed by atoms with Crippen LogP contribution < -0.4 is 10.1 Å². The summed E-state index contributed by atoms with van der Waals surface area (Å²) >= 11 is 0. The normalized spacial score (nSPS) is 19.3. The number of benzene rings is 2. The Kier molecular flexibility index (Phi) is 8.40. The largest absolute Gasteiger partial charge is 0.484 e. The summed E-state index contributed by atoms with van der Waals surface area (Å²) in [5.41, 5.74) is 2.83. The summed E-state index contributed by atoms with van der Waals surface area (Å²) in [6.45, 7) is 4.63. The number of carbonyl (C=O) groups is 3. The van der Waals surface area contributed by atoms with Crippen molar-refractivity contribution in [3.63, 3.8) is 0 Å². The van der Waals surface area contributed by atoms with E-state index in [0.29, 0.717) is 30.2 Å². The van der Waals surface area contributed by atoms with Crippen LogP contribution in [0.1, 0.15) is 43.9 Å². The Bertz CT molecular complexity index is 1200. The van der Waals surface area contributed by atoms with Crippen LogP contribution >= 0.6 is 0 Å². The van der Waals surface area contributed by atoms with Crippen LogP contribution in [0.3, 0.4) is 0 Å². The molecule has 0 unspecified atom stereocenters. The quantitative estimate of drug-likeness (QED) is 0.413. The smallest absolute Gasteiger partial charge is 0.340 e. The van der Waals surface area contributed by atoms with E-state index >= 15 is 0 Å². The zero-order valence-corrected chi connectivity index (χ0v) is 21.4. The molecule has 2 aliphatic rings. The van der Waals surface area contributed by atoms with Gasteiger partial charge in [0.25, 0.3) is 11.8 Å². The third-order valence-corrected chi connectivity index (χ3v) is 6.55. The first kappa shape index (κ1) is 26.2. The van der Waals surface area contributed by atoms with Crippen molar-refractivity contribution in [2.45, 2.75) is 38.8 Å². The van der Waals surface area contributed by atoms with Crippen molar-refractivity contribution in [1.82, 2.24) is 10.2 Å². The number of methoxy groups -OCH3 is 1.